The number of nitrogens with zero attached hydrogens (tertiary/aromatic N) is 3. The lowest BCUT2D eigenvalue weighted by Gasteiger charge is -2.42. The van der Waals surface area contributed by atoms with E-state index in [2.05, 4.69) is 15.2 Å². The Morgan fingerprint density at radius 2 is 1.95 bits per heavy atom. The SMILES string of the molecule is CCN(Cc1ccncc1)C(=O)C(C)(C)N1CCNCC1. The minimum atomic E-state index is -0.453. The van der Waals surface area contributed by atoms with Gasteiger partial charge in [0.25, 0.3) is 0 Å². The number of rotatable bonds is 5. The molecule has 1 aliphatic rings. The van der Waals surface area contributed by atoms with Crippen LogP contribution < -0.4 is 5.32 Å². The molecular weight excluding hydrogens is 264 g/mol. The lowest BCUT2D eigenvalue weighted by atomic mass is 9.99. The molecule has 2 rings (SSSR count). The van der Waals surface area contributed by atoms with E-state index in [0.29, 0.717) is 6.54 Å². The summed E-state index contributed by atoms with van der Waals surface area (Å²) in [5.74, 6) is 0.198. The minimum Gasteiger partial charge on any atom is -0.337 e. The second kappa shape index (κ2) is 7.00. The normalized spacial score (nSPS) is 16.7. The van der Waals surface area contributed by atoms with E-state index in [1.165, 1.54) is 0 Å². The first kappa shape index (κ1) is 15.9. The molecule has 0 unspecified atom stereocenters. The summed E-state index contributed by atoms with van der Waals surface area (Å²) in [5.41, 5.74) is 0.668. The van der Waals surface area contributed by atoms with E-state index < -0.39 is 5.54 Å². The molecule has 1 aromatic rings. The van der Waals surface area contributed by atoms with Gasteiger partial charge in [0.1, 0.15) is 0 Å². The zero-order valence-corrected chi connectivity index (χ0v) is 13.3. The smallest absolute Gasteiger partial charge is 0.242 e. The summed E-state index contributed by atoms with van der Waals surface area (Å²) in [6, 6.07) is 3.93. The molecule has 0 bridgehead atoms. The summed E-state index contributed by atoms with van der Waals surface area (Å²) in [4.78, 5) is 21.2. The minimum absolute atomic E-state index is 0.198. The number of carbonyl (C=O) groups excluding carboxylic acids is 1. The number of nitrogens with one attached hydrogen (secondary N) is 1. The van der Waals surface area contributed by atoms with E-state index >= 15 is 0 Å². The van der Waals surface area contributed by atoms with Crippen LogP contribution in [0.15, 0.2) is 24.5 Å². The third kappa shape index (κ3) is 3.80. The Hall–Kier alpha value is -1.46. The molecule has 1 aromatic heterocycles. The van der Waals surface area contributed by atoms with Crippen molar-refractivity contribution in [3.63, 3.8) is 0 Å². The van der Waals surface area contributed by atoms with Gasteiger partial charge in [0, 0.05) is 51.7 Å². The third-order valence-corrected chi connectivity index (χ3v) is 4.22. The Labute approximate surface area is 127 Å². The summed E-state index contributed by atoms with van der Waals surface area (Å²) in [6.45, 7) is 11.2. The van der Waals surface area contributed by atoms with E-state index in [1.807, 2.05) is 37.8 Å². The van der Waals surface area contributed by atoms with Gasteiger partial charge in [0.2, 0.25) is 5.91 Å². The topological polar surface area (TPSA) is 48.5 Å². The second-order valence-corrected chi connectivity index (χ2v) is 5.97. The molecule has 0 saturated carbocycles. The zero-order valence-electron chi connectivity index (χ0n) is 13.3. The number of hydrogen-bond acceptors (Lipinski definition) is 4. The zero-order chi connectivity index (χ0) is 15.3. The highest BCUT2D eigenvalue weighted by molar-refractivity contribution is 5.85. The van der Waals surface area contributed by atoms with E-state index in [9.17, 15) is 4.79 Å². The molecule has 0 aliphatic carbocycles. The van der Waals surface area contributed by atoms with Crippen LogP contribution in [0.2, 0.25) is 0 Å². The quantitative estimate of drug-likeness (QED) is 0.883. The van der Waals surface area contributed by atoms with Crippen LogP contribution in [0.4, 0.5) is 0 Å². The number of hydrogen-bond donors (Lipinski definition) is 1. The molecule has 0 radical (unpaired) electrons. The van der Waals surface area contributed by atoms with Gasteiger partial charge < -0.3 is 10.2 Å². The molecule has 0 atom stereocenters. The van der Waals surface area contributed by atoms with E-state index in [1.54, 1.807) is 12.4 Å². The van der Waals surface area contributed by atoms with Crippen LogP contribution in [0.5, 0.6) is 0 Å². The number of aromatic nitrogens is 1. The number of amides is 1. The Bertz CT molecular complexity index is 455. The van der Waals surface area contributed by atoms with E-state index in [0.717, 1.165) is 38.3 Å². The van der Waals surface area contributed by atoms with Crippen LogP contribution in [0, 0.1) is 0 Å². The Morgan fingerprint density at radius 3 is 2.52 bits per heavy atom. The highest BCUT2D eigenvalue weighted by atomic mass is 16.2. The van der Waals surface area contributed by atoms with Gasteiger partial charge in [-0.3, -0.25) is 14.7 Å². The number of piperazine rings is 1. The summed E-state index contributed by atoms with van der Waals surface area (Å²) in [5, 5.41) is 3.34. The van der Waals surface area contributed by atoms with Crippen molar-refractivity contribution in [2.24, 2.45) is 0 Å². The Morgan fingerprint density at radius 1 is 1.33 bits per heavy atom. The molecule has 0 aromatic carbocycles. The van der Waals surface area contributed by atoms with Crippen LogP contribution in [0.3, 0.4) is 0 Å². The average molecular weight is 290 g/mol. The van der Waals surface area contributed by atoms with Gasteiger partial charge in [0.05, 0.1) is 5.54 Å². The van der Waals surface area contributed by atoms with E-state index in [4.69, 9.17) is 0 Å². The molecule has 5 heteroatoms. The van der Waals surface area contributed by atoms with Gasteiger partial charge in [-0.1, -0.05) is 0 Å². The van der Waals surface area contributed by atoms with Gasteiger partial charge in [-0.05, 0) is 38.5 Å². The average Bonchev–Trinajstić information content (AvgIpc) is 2.53. The molecule has 1 N–H and O–H groups in total. The van der Waals surface area contributed by atoms with Crippen LogP contribution in [0.25, 0.3) is 0 Å². The summed E-state index contributed by atoms with van der Waals surface area (Å²) in [7, 11) is 0. The predicted octanol–water partition coefficient (Wildman–Crippen LogP) is 1.11. The lowest BCUT2D eigenvalue weighted by molar-refractivity contribution is -0.143. The first-order valence-corrected chi connectivity index (χ1v) is 7.69. The molecule has 21 heavy (non-hydrogen) atoms. The maximum Gasteiger partial charge on any atom is 0.242 e. The fourth-order valence-corrected chi connectivity index (χ4v) is 2.78. The number of pyridine rings is 1. The van der Waals surface area contributed by atoms with Crippen LogP contribution in [0.1, 0.15) is 26.3 Å². The van der Waals surface area contributed by atoms with Crippen molar-refractivity contribution in [2.75, 3.05) is 32.7 Å². The van der Waals surface area contributed by atoms with Crippen molar-refractivity contribution < 1.29 is 4.79 Å². The number of likely N-dealkylation sites (N-methyl/N-ethyl adjacent to an activating group) is 1. The fourth-order valence-electron chi connectivity index (χ4n) is 2.78. The van der Waals surface area contributed by atoms with Crippen molar-refractivity contribution in [1.29, 1.82) is 0 Å². The van der Waals surface area contributed by atoms with Crippen molar-refractivity contribution >= 4 is 5.91 Å². The van der Waals surface area contributed by atoms with Crippen molar-refractivity contribution in [3.8, 4) is 0 Å². The first-order valence-electron chi connectivity index (χ1n) is 7.69. The monoisotopic (exact) mass is 290 g/mol. The van der Waals surface area contributed by atoms with Gasteiger partial charge in [-0.15, -0.1) is 0 Å². The molecule has 116 valence electrons. The molecule has 0 spiro atoms. The van der Waals surface area contributed by atoms with Gasteiger partial charge in [-0.25, -0.2) is 0 Å². The highest BCUT2D eigenvalue weighted by Gasteiger charge is 2.37. The maximum atomic E-state index is 12.9. The van der Waals surface area contributed by atoms with Crippen molar-refractivity contribution in [3.05, 3.63) is 30.1 Å². The van der Waals surface area contributed by atoms with Crippen molar-refractivity contribution in [2.45, 2.75) is 32.9 Å². The molecule has 1 aliphatic heterocycles. The summed E-state index contributed by atoms with van der Waals surface area (Å²) < 4.78 is 0. The molecule has 1 saturated heterocycles. The summed E-state index contributed by atoms with van der Waals surface area (Å²) >= 11 is 0. The molecule has 5 nitrogen and oxygen atoms in total. The highest BCUT2D eigenvalue weighted by Crippen LogP contribution is 2.19. The largest absolute Gasteiger partial charge is 0.337 e. The van der Waals surface area contributed by atoms with Crippen molar-refractivity contribution in [1.82, 2.24) is 20.1 Å². The predicted molar refractivity (Wildman–Crippen MR) is 83.8 cm³/mol. The Balaban J connectivity index is 2.07. The van der Waals surface area contributed by atoms with Gasteiger partial charge in [-0.2, -0.15) is 0 Å². The molecule has 1 fully saturated rings. The molecular formula is C16H26N4O. The first-order chi connectivity index (χ1) is 10.1. The molecule has 2 heterocycles. The van der Waals surface area contributed by atoms with Gasteiger partial charge >= 0.3 is 0 Å². The van der Waals surface area contributed by atoms with Crippen LogP contribution >= 0.6 is 0 Å². The van der Waals surface area contributed by atoms with Crippen LogP contribution in [-0.2, 0) is 11.3 Å². The van der Waals surface area contributed by atoms with Crippen LogP contribution in [-0.4, -0.2) is 59.0 Å². The number of carbonyl (C=O) groups is 1. The van der Waals surface area contributed by atoms with E-state index in [-0.39, 0.29) is 5.91 Å². The summed E-state index contributed by atoms with van der Waals surface area (Å²) in [6.07, 6.45) is 3.55. The molecule has 1 amide bonds. The second-order valence-electron chi connectivity index (χ2n) is 5.97. The standard InChI is InChI=1S/C16H26N4O/c1-4-19(13-14-5-7-17-8-6-14)15(21)16(2,3)20-11-9-18-10-12-20/h5-8,18H,4,9-13H2,1-3H3. The third-order valence-electron chi connectivity index (χ3n) is 4.22. The maximum absolute atomic E-state index is 12.9. The Kier molecular flexibility index (Phi) is 5.31. The van der Waals surface area contributed by atoms with Gasteiger partial charge in [0.15, 0.2) is 0 Å². The lowest BCUT2D eigenvalue weighted by Crippen LogP contribution is -2.60. The fraction of sp³-hybridized carbons (Fsp3) is 0.625.